The van der Waals surface area contributed by atoms with Crippen molar-refractivity contribution in [3.63, 3.8) is 0 Å². The molecule has 39 heavy (non-hydrogen) atoms. The third kappa shape index (κ3) is 5.54. The predicted molar refractivity (Wildman–Crippen MR) is 154 cm³/mol. The topological polar surface area (TPSA) is 91.7 Å². The first kappa shape index (κ1) is 27.2. The number of amides is 1. The number of rotatable bonds is 7. The predicted octanol–water partition coefficient (Wildman–Crippen LogP) is 5.08. The number of hydrogen-bond donors (Lipinski definition) is 3. The number of hydrogen-bond acceptors (Lipinski definition) is 6. The highest BCUT2D eigenvalue weighted by Crippen LogP contribution is 2.42. The average Bonchev–Trinajstić information content (AvgIpc) is 3.39. The minimum Gasteiger partial charge on any atom is -0.497 e. The Morgan fingerprint density at radius 3 is 2.54 bits per heavy atom. The molecule has 2 aliphatic rings. The summed E-state index contributed by atoms with van der Waals surface area (Å²) >= 11 is 0. The summed E-state index contributed by atoms with van der Waals surface area (Å²) in [5.74, 6) is 1.75. The van der Waals surface area contributed by atoms with Crippen molar-refractivity contribution in [2.45, 2.75) is 63.6 Å². The van der Waals surface area contributed by atoms with E-state index in [-0.39, 0.29) is 24.2 Å². The number of aryl methyl sites for hydroxylation is 1. The SMILES string of the molecule is COc1ccc(-c2cnc3n2C2(CCCCCCC2)CNC3Nc2ccc(C(=O)N(C)CCO)c(C)c2)cc1. The number of benzene rings is 2. The summed E-state index contributed by atoms with van der Waals surface area (Å²) < 4.78 is 7.92. The fourth-order valence-corrected chi connectivity index (χ4v) is 6.19. The van der Waals surface area contributed by atoms with Gasteiger partial charge in [0, 0.05) is 37.0 Å². The molecule has 0 radical (unpaired) electrons. The van der Waals surface area contributed by atoms with E-state index in [1.165, 1.54) is 32.1 Å². The van der Waals surface area contributed by atoms with Crippen molar-refractivity contribution < 1.29 is 14.6 Å². The third-order valence-corrected chi connectivity index (χ3v) is 8.38. The molecule has 1 amide bonds. The number of anilines is 1. The lowest BCUT2D eigenvalue weighted by atomic mass is 9.81. The average molecular weight is 532 g/mol. The Balaban J connectivity index is 1.48. The van der Waals surface area contributed by atoms with E-state index in [1.807, 2.05) is 43.5 Å². The highest BCUT2D eigenvalue weighted by atomic mass is 16.5. The highest BCUT2D eigenvalue weighted by Gasteiger charge is 2.41. The Hall–Kier alpha value is -3.36. The molecule has 1 unspecified atom stereocenters. The van der Waals surface area contributed by atoms with E-state index in [2.05, 4.69) is 27.3 Å². The van der Waals surface area contributed by atoms with Gasteiger partial charge in [0.25, 0.3) is 5.91 Å². The second kappa shape index (κ2) is 11.8. The van der Waals surface area contributed by atoms with E-state index in [0.717, 1.165) is 53.5 Å². The van der Waals surface area contributed by atoms with Gasteiger partial charge in [0.05, 0.1) is 31.1 Å². The largest absolute Gasteiger partial charge is 0.497 e. The van der Waals surface area contributed by atoms with Crippen molar-refractivity contribution in [2.75, 3.05) is 39.2 Å². The Kier molecular flexibility index (Phi) is 8.23. The van der Waals surface area contributed by atoms with Crippen LogP contribution in [-0.4, -0.2) is 59.3 Å². The maximum absolute atomic E-state index is 12.8. The highest BCUT2D eigenvalue weighted by molar-refractivity contribution is 5.96. The number of carbonyl (C=O) groups is 1. The number of carbonyl (C=O) groups excluding carboxylic acids is 1. The first-order valence-corrected chi connectivity index (χ1v) is 14.2. The van der Waals surface area contributed by atoms with Crippen molar-refractivity contribution in [3.05, 3.63) is 65.6 Å². The zero-order chi connectivity index (χ0) is 27.4. The monoisotopic (exact) mass is 531 g/mol. The molecule has 1 atom stereocenters. The van der Waals surface area contributed by atoms with Crippen LogP contribution < -0.4 is 15.4 Å². The van der Waals surface area contributed by atoms with Crippen LogP contribution in [0.25, 0.3) is 11.3 Å². The second-order valence-electron chi connectivity index (χ2n) is 11.0. The molecule has 208 valence electrons. The summed E-state index contributed by atoms with van der Waals surface area (Å²) in [4.78, 5) is 19.3. The first-order chi connectivity index (χ1) is 19.0. The maximum atomic E-state index is 12.8. The van der Waals surface area contributed by atoms with Crippen molar-refractivity contribution in [1.29, 1.82) is 0 Å². The van der Waals surface area contributed by atoms with Crippen LogP contribution in [0.1, 0.15) is 72.9 Å². The lowest BCUT2D eigenvalue weighted by Crippen LogP contribution is -2.52. The minimum atomic E-state index is -0.161. The van der Waals surface area contributed by atoms with Crippen molar-refractivity contribution in [3.8, 4) is 17.0 Å². The molecule has 1 saturated carbocycles. The van der Waals surface area contributed by atoms with Gasteiger partial charge in [0.2, 0.25) is 0 Å². The summed E-state index contributed by atoms with van der Waals surface area (Å²) in [6, 6.07) is 14.1. The van der Waals surface area contributed by atoms with Crippen LogP contribution in [0.2, 0.25) is 0 Å². The molecule has 1 fully saturated rings. The standard InChI is InChI=1S/C31H41N5O3/c1-22-19-24(11-14-26(22)30(38)35(2)17-18-37)34-28-29-32-20-27(23-9-12-25(39-3)13-10-23)36(29)31(21-33-28)15-7-5-4-6-8-16-31/h9-14,19-20,28,33-34,37H,4-8,15-18,21H2,1-3H3. The van der Waals surface area contributed by atoms with Gasteiger partial charge >= 0.3 is 0 Å². The van der Waals surface area contributed by atoms with Gasteiger partial charge < -0.3 is 24.6 Å². The van der Waals surface area contributed by atoms with Gasteiger partial charge in [0.15, 0.2) is 0 Å². The van der Waals surface area contributed by atoms with Crippen molar-refractivity contribution in [2.24, 2.45) is 0 Å². The van der Waals surface area contributed by atoms with Crippen LogP contribution in [0.4, 0.5) is 5.69 Å². The van der Waals surface area contributed by atoms with E-state index < -0.39 is 0 Å². The Morgan fingerprint density at radius 2 is 1.87 bits per heavy atom. The molecule has 1 aliphatic carbocycles. The van der Waals surface area contributed by atoms with E-state index in [9.17, 15) is 9.90 Å². The number of aromatic nitrogens is 2. The van der Waals surface area contributed by atoms with Crippen LogP contribution in [0.15, 0.2) is 48.7 Å². The molecule has 0 bridgehead atoms. The molecule has 1 aromatic heterocycles. The van der Waals surface area contributed by atoms with E-state index >= 15 is 0 Å². The normalized spacial score (nSPS) is 18.6. The summed E-state index contributed by atoms with van der Waals surface area (Å²) in [7, 11) is 3.40. The molecule has 1 aliphatic heterocycles. The number of likely N-dealkylation sites (N-methyl/N-ethyl adjacent to an activating group) is 1. The molecule has 3 aromatic rings. The number of aliphatic hydroxyl groups excluding tert-OH is 1. The molecule has 2 aromatic carbocycles. The summed E-state index contributed by atoms with van der Waals surface area (Å²) in [6.07, 6.45) is 10.5. The first-order valence-electron chi connectivity index (χ1n) is 14.2. The molecule has 8 nitrogen and oxygen atoms in total. The minimum absolute atomic E-state index is 0.0107. The van der Waals surface area contributed by atoms with Gasteiger partial charge in [0.1, 0.15) is 17.7 Å². The molecular weight excluding hydrogens is 490 g/mol. The van der Waals surface area contributed by atoms with Crippen LogP contribution in [0.3, 0.4) is 0 Å². The van der Waals surface area contributed by atoms with Crippen LogP contribution in [0, 0.1) is 6.92 Å². The number of ether oxygens (including phenoxy) is 1. The number of nitrogens with one attached hydrogen (secondary N) is 2. The van der Waals surface area contributed by atoms with Crippen molar-refractivity contribution >= 4 is 11.6 Å². The number of methoxy groups -OCH3 is 1. The van der Waals surface area contributed by atoms with Gasteiger partial charge in [-0.25, -0.2) is 4.98 Å². The fourth-order valence-electron chi connectivity index (χ4n) is 6.19. The second-order valence-corrected chi connectivity index (χ2v) is 11.0. The van der Waals surface area contributed by atoms with Gasteiger partial charge in [-0.1, -0.05) is 32.1 Å². The molecule has 8 heteroatoms. The van der Waals surface area contributed by atoms with E-state index in [1.54, 1.807) is 19.1 Å². The van der Waals surface area contributed by atoms with Gasteiger partial charge in [-0.15, -0.1) is 0 Å². The number of fused-ring (bicyclic) bond motifs is 2. The summed E-state index contributed by atoms with van der Waals surface area (Å²) in [5.41, 5.74) is 4.74. The van der Waals surface area contributed by atoms with Crippen LogP contribution >= 0.6 is 0 Å². The molecule has 0 saturated heterocycles. The molecule has 1 spiro atoms. The van der Waals surface area contributed by atoms with E-state index in [4.69, 9.17) is 9.72 Å². The van der Waals surface area contributed by atoms with Gasteiger partial charge in [-0.3, -0.25) is 10.1 Å². The Morgan fingerprint density at radius 1 is 1.15 bits per heavy atom. The molecule has 2 heterocycles. The van der Waals surface area contributed by atoms with E-state index in [0.29, 0.717) is 12.1 Å². The lowest BCUT2D eigenvalue weighted by molar-refractivity contribution is 0.0766. The summed E-state index contributed by atoms with van der Waals surface area (Å²) in [5, 5.41) is 16.6. The zero-order valence-electron chi connectivity index (χ0n) is 23.4. The smallest absolute Gasteiger partial charge is 0.253 e. The number of aliphatic hydroxyl groups is 1. The Labute approximate surface area is 231 Å². The molecular formula is C31H41N5O3. The summed E-state index contributed by atoms with van der Waals surface area (Å²) in [6.45, 7) is 3.08. The number of nitrogens with zero attached hydrogens (tertiary/aromatic N) is 3. The quantitative estimate of drug-likeness (QED) is 0.394. The lowest BCUT2D eigenvalue weighted by Gasteiger charge is -2.45. The Bertz CT molecular complexity index is 1280. The molecule has 3 N–H and O–H groups in total. The fraction of sp³-hybridized carbons (Fsp3) is 0.484. The van der Waals surface area contributed by atoms with Gasteiger partial charge in [-0.05, 0) is 67.8 Å². The van der Waals surface area contributed by atoms with Crippen molar-refractivity contribution in [1.82, 2.24) is 19.8 Å². The third-order valence-electron chi connectivity index (χ3n) is 8.38. The zero-order valence-corrected chi connectivity index (χ0v) is 23.4. The van der Waals surface area contributed by atoms with Gasteiger partial charge in [-0.2, -0.15) is 0 Å². The van der Waals surface area contributed by atoms with Crippen LogP contribution in [0.5, 0.6) is 5.75 Å². The maximum Gasteiger partial charge on any atom is 0.253 e. The van der Waals surface area contributed by atoms with Crippen LogP contribution in [-0.2, 0) is 5.54 Å². The molecule has 5 rings (SSSR count). The number of imidazole rings is 1.